The quantitative estimate of drug-likeness (QED) is 0.628. The second kappa shape index (κ2) is 9.90. The van der Waals surface area contributed by atoms with E-state index in [4.69, 9.17) is 9.47 Å². The van der Waals surface area contributed by atoms with Gasteiger partial charge in [0, 0.05) is 6.42 Å². The highest BCUT2D eigenvalue weighted by atomic mass is 16.6. The molecule has 0 heterocycles. The predicted molar refractivity (Wildman–Crippen MR) is 81.0 cm³/mol. The number of hydrogen-bond acceptors (Lipinski definition) is 5. The van der Waals surface area contributed by atoms with Gasteiger partial charge in [-0.15, -0.1) is 0 Å². The van der Waals surface area contributed by atoms with Gasteiger partial charge in [0.15, 0.2) is 5.78 Å². The Bertz CT molecular complexity index is 319. The minimum Gasteiger partial charge on any atom is -0.458 e. The van der Waals surface area contributed by atoms with E-state index in [9.17, 15) is 14.7 Å². The first kappa shape index (κ1) is 20.1. The summed E-state index contributed by atoms with van der Waals surface area (Å²) in [5.41, 5.74) is -0.523. The molecule has 21 heavy (non-hydrogen) atoms. The van der Waals surface area contributed by atoms with Crippen LogP contribution >= 0.6 is 0 Å². The molecule has 0 aromatic heterocycles. The monoisotopic (exact) mass is 302 g/mol. The molecule has 5 heteroatoms. The van der Waals surface area contributed by atoms with Gasteiger partial charge in [0.05, 0.1) is 6.61 Å². The molecule has 0 spiro atoms. The first-order chi connectivity index (χ1) is 9.69. The number of carbonyl (C=O) groups is 2. The van der Waals surface area contributed by atoms with Crippen molar-refractivity contribution < 1.29 is 24.2 Å². The molecule has 2 atom stereocenters. The van der Waals surface area contributed by atoms with Crippen LogP contribution in [0.1, 0.15) is 60.3 Å². The summed E-state index contributed by atoms with van der Waals surface area (Å²) in [6.45, 7) is 9.43. The number of hydrogen-bond donors (Lipinski definition) is 1. The number of carbonyl (C=O) groups excluding carboxylic acids is 2. The van der Waals surface area contributed by atoms with Gasteiger partial charge in [-0.2, -0.15) is 0 Å². The smallest absolute Gasteiger partial charge is 0.332 e. The van der Waals surface area contributed by atoms with Crippen molar-refractivity contribution in [1.82, 2.24) is 0 Å². The van der Waals surface area contributed by atoms with Crippen LogP contribution < -0.4 is 0 Å². The second-order valence-electron chi connectivity index (χ2n) is 6.35. The van der Waals surface area contributed by atoms with Crippen LogP contribution in [0.5, 0.6) is 0 Å². The summed E-state index contributed by atoms with van der Waals surface area (Å²) >= 11 is 0. The van der Waals surface area contributed by atoms with E-state index in [1.165, 1.54) is 0 Å². The summed E-state index contributed by atoms with van der Waals surface area (Å²) in [4.78, 5) is 23.3. The Morgan fingerprint density at radius 2 is 1.81 bits per heavy atom. The summed E-state index contributed by atoms with van der Waals surface area (Å²) < 4.78 is 10.5. The molecule has 0 aromatic rings. The van der Waals surface area contributed by atoms with Gasteiger partial charge in [-0.05, 0) is 39.5 Å². The van der Waals surface area contributed by atoms with E-state index in [2.05, 4.69) is 0 Å². The van der Waals surface area contributed by atoms with Crippen LogP contribution in [-0.4, -0.2) is 41.8 Å². The predicted octanol–water partition coefficient (Wildman–Crippen LogP) is 2.49. The topological polar surface area (TPSA) is 72.8 Å². The first-order valence-corrected chi connectivity index (χ1v) is 7.70. The van der Waals surface area contributed by atoms with E-state index in [1.807, 2.05) is 6.92 Å². The number of esters is 1. The maximum atomic E-state index is 11.7. The van der Waals surface area contributed by atoms with Crippen LogP contribution in [0.4, 0.5) is 0 Å². The maximum Gasteiger partial charge on any atom is 0.332 e. The maximum absolute atomic E-state index is 11.7. The van der Waals surface area contributed by atoms with Gasteiger partial charge in [0.1, 0.15) is 18.3 Å². The lowest BCUT2D eigenvalue weighted by atomic mass is 9.95. The largest absolute Gasteiger partial charge is 0.458 e. The van der Waals surface area contributed by atoms with Crippen molar-refractivity contribution in [1.29, 1.82) is 0 Å². The van der Waals surface area contributed by atoms with Crippen molar-refractivity contribution in [3.8, 4) is 0 Å². The Labute approximate surface area is 128 Å². The Morgan fingerprint density at radius 1 is 1.19 bits per heavy atom. The number of Topliss-reactive ketones (excluding diaryl/α,β-unsaturated/α-hetero) is 1. The van der Waals surface area contributed by atoms with Crippen LogP contribution in [0.3, 0.4) is 0 Å². The molecular formula is C16H30O5. The van der Waals surface area contributed by atoms with Crippen LogP contribution in [0.2, 0.25) is 0 Å². The molecule has 0 aliphatic rings. The van der Waals surface area contributed by atoms with E-state index in [0.717, 1.165) is 12.8 Å². The van der Waals surface area contributed by atoms with Crippen LogP contribution in [-0.2, 0) is 19.1 Å². The van der Waals surface area contributed by atoms with Crippen molar-refractivity contribution in [2.75, 3.05) is 13.2 Å². The summed E-state index contributed by atoms with van der Waals surface area (Å²) in [6.07, 6.45) is 1.58. The fourth-order valence-corrected chi connectivity index (χ4v) is 1.98. The Morgan fingerprint density at radius 3 is 2.29 bits per heavy atom. The lowest BCUT2D eigenvalue weighted by molar-refractivity contribution is -0.160. The highest BCUT2D eigenvalue weighted by molar-refractivity contribution is 5.82. The Kier molecular flexibility index (Phi) is 9.46. The highest BCUT2D eigenvalue weighted by Crippen LogP contribution is 2.15. The molecule has 0 rings (SSSR count). The van der Waals surface area contributed by atoms with E-state index in [-0.39, 0.29) is 24.7 Å². The molecular weight excluding hydrogens is 272 g/mol. The minimum atomic E-state index is -0.893. The summed E-state index contributed by atoms with van der Waals surface area (Å²) in [6, 6.07) is 0. The molecule has 0 fully saturated rings. The third-order valence-corrected chi connectivity index (χ3v) is 2.94. The normalized spacial score (nSPS) is 14.6. The fraction of sp³-hybridized carbons (Fsp3) is 0.875. The van der Waals surface area contributed by atoms with Crippen LogP contribution in [0.25, 0.3) is 0 Å². The molecule has 0 aliphatic carbocycles. The van der Waals surface area contributed by atoms with Gasteiger partial charge in [0.25, 0.3) is 0 Å². The fourth-order valence-electron chi connectivity index (χ4n) is 1.98. The van der Waals surface area contributed by atoms with Gasteiger partial charge in [0.2, 0.25) is 0 Å². The van der Waals surface area contributed by atoms with Crippen molar-refractivity contribution in [2.45, 2.75) is 72.0 Å². The first-order valence-electron chi connectivity index (χ1n) is 7.70. The molecule has 0 aliphatic heterocycles. The van der Waals surface area contributed by atoms with Gasteiger partial charge in [-0.25, -0.2) is 4.79 Å². The molecule has 0 radical (unpaired) electrons. The number of ketones is 1. The van der Waals surface area contributed by atoms with Crippen molar-refractivity contribution in [3.05, 3.63) is 0 Å². The van der Waals surface area contributed by atoms with Gasteiger partial charge in [-0.3, -0.25) is 4.79 Å². The third-order valence-electron chi connectivity index (χ3n) is 2.94. The standard InChI is InChI=1S/C16H30O5/c1-6-8-12(9-14(18)13(17)7-2)10-20-11-15(19)21-16(3,4)5/h12-13,17H,6-11H2,1-5H3/t12-,13?/m1/s1. The lowest BCUT2D eigenvalue weighted by Gasteiger charge is -2.20. The van der Waals surface area contributed by atoms with E-state index >= 15 is 0 Å². The Balaban J connectivity index is 4.16. The minimum absolute atomic E-state index is 0.0335. The molecule has 1 unspecified atom stereocenters. The molecule has 0 bridgehead atoms. The zero-order valence-electron chi connectivity index (χ0n) is 14.0. The molecule has 0 saturated heterocycles. The summed E-state index contributed by atoms with van der Waals surface area (Å²) in [5, 5.41) is 9.52. The molecule has 5 nitrogen and oxygen atoms in total. The number of aliphatic hydroxyl groups is 1. The van der Waals surface area contributed by atoms with Gasteiger partial charge in [-0.1, -0.05) is 20.3 Å². The molecule has 1 N–H and O–H groups in total. The number of ether oxygens (including phenoxy) is 2. The third kappa shape index (κ3) is 10.4. The highest BCUT2D eigenvalue weighted by Gasteiger charge is 2.20. The second-order valence-corrected chi connectivity index (χ2v) is 6.35. The molecule has 0 amide bonds. The van der Waals surface area contributed by atoms with Gasteiger partial charge >= 0.3 is 5.97 Å². The van der Waals surface area contributed by atoms with E-state index in [0.29, 0.717) is 13.0 Å². The van der Waals surface area contributed by atoms with Crippen LogP contribution in [0, 0.1) is 5.92 Å². The number of rotatable bonds is 10. The summed E-state index contributed by atoms with van der Waals surface area (Å²) in [7, 11) is 0. The van der Waals surface area contributed by atoms with Crippen molar-refractivity contribution >= 4 is 11.8 Å². The summed E-state index contributed by atoms with van der Waals surface area (Å²) in [5.74, 6) is -0.527. The molecule has 0 saturated carbocycles. The van der Waals surface area contributed by atoms with Gasteiger partial charge < -0.3 is 14.6 Å². The number of aliphatic hydroxyl groups excluding tert-OH is 1. The van der Waals surface area contributed by atoms with Crippen molar-refractivity contribution in [3.63, 3.8) is 0 Å². The average molecular weight is 302 g/mol. The van der Waals surface area contributed by atoms with Crippen molar-refractivity contribution in [2.24, 2.45) is 5.92 Å². The molecule has 124 valence electrons. The lowest BCUT2D eigenvalue weighted by Crippen LogP contribution is -2.28. The Hall–Kier alpha value is -0.940. The zero-order chi connectivity index (χ0) is 16.5. The molecule has 0 aromatic carbocycles. The van der Waals surface area contributed by atoms with E-state index < -0.39 is 17.7 Å². The SMILES string of the molecule is CCC[C@@H](COCC(=O)OC(C)(C)C)CC(=O)C(O)CC. The van der Waals surface area contributed by atoms with Crippen LogP contribution in [0.15, 0.2) is 0 Å². The van der Waals surface area contributed by atoms with E-state index in [1.54, 1.807) is 27.7 Å². The average Bonchev–Trinajstić information content (AvgIpc) is 2.35. The zero-order valence-corrected chi connectivity index (χ0v) is 14.0.